The molecule has 1 aromatic heterocycles. The first kappa shape index (κ1) is 15.3. The van der Waals surface area contributed by atoms with Crippen LogP contribution >= 0.6 is 0 Å². The summed E-state index contributed by atoms with van der Waals surface area (Å²) in [6.07, 6.45) is 1.60. The maximum Gasteiger partial charge on any atom is 0.341 e. The zero-order valence-electron chi connectivity index (χ0n) is 13.1. The van der Waals surface area contributed by atoms with Gasteiger partial charge < -0.3 is 10.1 Å². The molecule has 1 N–H and O–H groups in total. The van der Waals surface area contributed by atoms with Crippen LogP contribution in [0, 0.1) is 12.8 Å². The number of carbonyl (C=O) groups excluding carboxylic acids is 1. The molecule has 4 nitrogen and oxygen atoms in total. The minimum atomic E-state index is -0.334. The lowest BCUT2D eigenvalue weighted by Crippen LogP contribution is -2.14. The third kappa shape index (κ3) is 3.51. The predicted molar refractivity (Wildman–Crippen MR) is 85.8 cm³/mol. The SMILES string of the molecule is CCOC(=O)c1cnc2ccc(C)cc2c1NCC(C)C. The van der Waals surface area contributed by atoms with Gasteiger partial charge in [-0.15, -0.1) is 0 Å². The van der Waals surface area contributed by atoms with Gasteiger partial charge in [0, 0.05) is 18.1 Å². The highest BCUT2D eigenvalue weighted by molar-refractivity contribution is 6.05. The molecule has 0 saturated carbocycles. The molecule has 0 radical (unpaired) electrons. The normalized spacial score (nSPS) is 10.9. The number of carbonyl (C=O) groups is 1. The Morgan fingerprint density at radius 1 is 1.38 bits per heavy atom. The number of esters is 1. The number of pyridine rings is 1. The van der Waals surface area contributed by atoms with Crippen molar-refractivity contribution in [3.63, 3.8) is 0 Å². The van der Waals surface area contributed by atoms with Crippen molar-refractivity contribution in [1.29, 1.82) is 0 Å². The van der Waals surface area contributed by atoms with Gasteiger partial charge in [0.15, 0.2) is 0 Å². The van der Waals surface area contributed by atoms with Gasteiger partial charge in [0.25, 0.3) is 0 Å². The summed E-state index contributed by atoms with van der Waals surface area (Å²) in [4.78, 5) is 16.5. The molecule has 0 aliphatic carbocycles. The summed E-state index contributed by atoms with van der Waals surface area (Å²) in [7, 11) is 0. The molecule has 1 aromatic carbocycles. The van der Waals surface area contributed by atoms with E-state index in [0.717, 1.165) is 28.7 Å². The lowest BCUT2D eigenvalue weighted by Gasteiger charge is -2.15. The molecule has 2 aromatic rings. The Morgan fingerprint density at radius 3 is 2.81 bits per heavy atom. The number of anilines is 1. The average molecular weight is 286 g/mol. The lowest BCUT2D eigenvalue weighted by molar-refractivity contribution is 0.0527. The van der Waals surface area contributed by atoms with Crippen molar-refractivity contribution >= 4 is 22.6 Å². The van der Waals surface area contributed by atoms with Crippen molar-refractivity contribution in [3.8, 4) is 0 Å². The van der Waals surface area contributed by atoms with E-state index in [1.54, 1.807) is 13.1 Å². The van der Waals surface area contributed by atoms with Crippen LogP contribution in [0.25, 0.3) is 10.9 Å². The number of hydrogen-bond acceptors (Lipinski definition) is 4. The van der Waals surface area contributed by atoms with Crippen LogP contribution in [0.1, 0.15) is 36.7 Å². The van der Waals surface area contributed by atoms with Crippen LogP contribution in [-0.2, 0) is 4.74 Å². The van der Waals surface area contributed by atoms with E-state index in [1.807, 2.05) is 25.1 Å². The second-order valence-electron chi connectivity index (χ2n) is 5.56. The highest BCUT2D eigenvalue weighted by Crippen LogP contribution is 2.27. The maximum atomic E-state index is 12.1. The fraction of sp³-hybridized carbons (Fsp3) is 0.412. The zero-order valence-corrected chi connectivity index (χ0v) is 13.1. The van der Waals surface area contributed by atoms with Crippen LogP contribution in [-0.4, -0.2) is 24.1 Å². The van der Waals surface area contributed by atoms with Gasteiger partial charge in [0.1, 0.15) is 5.56 Å². The van der Waals surface area contributed by atoms with Gasteiger partial charge in [-0.05, 0) is 31.9 Å². The minimum Gasteiger partial charge on any atom is -0.462 e. The van der Waals surface area contributed by atoms with Gasteiger partial charge in [0.05, 0.1) is 17.8 Å². The van der Waals surface area contributed by atoms with Gasteiger partial charge in [0.2, 0.25) is 0 Å². The number of nitrogens with zero attached hydrogens (tertiary/aromatic N) is 1. The van der Waals surface area contributed by atoms with Gasteiger partial charge in [-0.3, -0.25) is 4.98 Å². The van der Waals surface area contributed by atoms with Crippen LogP contribution < -0.4 is 5.32 Å². The molecule has 0 aliphatic rings. The van der Waals surface area contributed by atoms with Crippen molar-refractivity contribution in [2.24, 2.45) is 5.92 Å². The number of nitrogens with one attached hydrogen (secondary N) is 1. The molecule has 0 saturated heterocycles. The van der Waals surface area contributed by atoms with E-state index < -0.39 is 0 Å². The van der Waals surface area contributed by atoms with Crippen LogP contribution in [0.15, 0.2) is 24.4 Å². The lowest BCUT2D eigenvalue weighted by atomic mass is 10.1. The highest BCUT2D eigenvalue weighted by atomic mass is 16.5. The highest BCUT2D eigenvalue weighted by Gasteiger charge is 2.16. The Morgan fingerprint density at radius 2 is 2.14 bits per heavy atom. The zero-order chi connectivity index (χ0) is 15.4. The van der Waals surface area contributed by atoms with Crippen molar-refractivity contribution < 1.29 is 9.53 Å². The summed E-state index contributed by atoms with van der Waals surface area (Å²) in [5, 5.41) is 4.34. The molecule has 0 aliphatic heterocycles. The van der Waals surface area contributed by atoms with E-state index in [4.69, 9.17) is 4.74 Å². The summed E-state index contributed by atoms with van der Waals surface area (Å²) in [6.45, 7) is 9.24. The topological polar surface area (TPSA) is 51.2 Å². The Bertz CT molecular complexity index is 651. The van der Waals surface area contributed by atoms with Crippen molar-refractivity contribution in [1.82, 2.24) is 4.98 Å². The van der Waals surface area contributed by atoms with Crippen LogP contribution in [0.3, 0.4) is 0 Å². The summed E-state index contributed by atoms with van der Waals surface area (Å²) >= 11 is 0. The monoisotopic (exact) mass is 286 g/mol. The van der Waals surface area contributed by atoms with E-state index in [9.17, 15) is 4.79 Å². The molecule has 0 spiro atoms. The number of benzene rings is 1. The summed E-state index contributed by atoms with van der Waals surface area (Å²) in [5.74, 6) is 0.146. The summed E-state index contributed by atoms with van der Waals surface area (Å²) < 4.78 is 5.14. The molecule has 0 fully saturated rings. The standard InChI is InChI=1S/C17H22N2O2/c1-5-21-17(20)14-10-18-15-7-6-12(4)8-13(15)16(14)19-9-11(2)3/h6-8,10-11H,5,9H2,1-4H3,(H,18,19). The molecular formula is C17H22N2O2. The Balaban J connectivity index is 2.55. The fourth-order valence-electron chi connectivity index (χ4n) is 2.17. The molecule has 0 atom stereocenters. The maximum absolute atomic E-state index is 12.1. The van der Waals surface area contributed by atoms with E-state index in [0.29, 0.717) is 18.1 Å². The molecule has 0 amide bonds. The van der Waals surface area contributed by atoms with E-state index in [2.05, 4.69) is 24.1 Å². The van der Waals surface area contributed by atoms with E-state index >= 15 is 0 Å². The quantitative estimate of drug-likeness (QED) is 0.850. The molecule has 2 rings (SSSR count). The number of hydrogen-bond donors (Lipinski definition) is 1. The third-order valence-corrected chi connectivity index (χ3v) is 3.21. The van der Waals surface area contributed by atoms with Crippen molar-refractivity contribution in [2.75, 3.05) is 18.5 Å². The van der Waals surface area contributed by atoms with Crippen molar-refractivity contribution in [2.45, 2.75) is 27.7 Å². The number of ether oxygens (including phenoxy) is 1. The van der Waals surface area contributed by atoms with Crippen molar-refractivity contribution in [3.05, 3.63) is 35.5 Å². The van der Waals surface area contributed by atoms with Gasteiger partial charge >= 0.3 is 5.97 Å². The molecule has 0 bridgehead atoms. The second kappa shape index (κ2) is 6.57. The van der Waals surface area contributed by atoms with Gasteiger partial charge in [-0.1, -0.05) is 25.5 Å². The largest absolute Gasteiger partial charge is 0.462 e. The molecule has 1 heterocycles. The Labute approximate surface area is 125 Å². The number of rotatable bonds is 5. The minimum absolute atomic E-state index is 0.334. The predicted octanol–water partition coefficient (Wildman–Crippen LogP) is 3.79. The fourth-order valence-corrected chi connectivity index (χ4v) is 2.17. The van der Waals surface area contributed by atoms with Crippen LogP contribution in [0.5, 0.6) is 0 Å². The van der Waals surface area contributed by atoms with E-state index in [1.165, 1.54) is 0 Å². The Kier molecular flexibility index (Phi) is 4.78. The molecule has 4 heteroatoms. The summed E-state index contributed by atoms with van der Waals surface area (Å²) in [5.41, 5.74) is 3.32. The Hall–Kier alpha value is -2.10. The van der Waals surface area contributed by atoms with Crippen LogP contribution in [0.4, 0.5) is 5.69 Å². The number of aryl methyl sites for hydroxylation is 1. The average Bonchev–Trinajstić information content (AvgIpc) is 2.44. The van der Waals surface area contributed by atoms with Gasteiger partial charge in [-0.2, -0.15) is 0 Å². The van der Waals surface area contributed by atoms with Crippen LogP contribution in [0.2, 0.25) is 0 Å². The van der Waals surface area contributed by atoms with E-state index in [-0.39, 0.29) is 5.97 Å². The number of aromatic nitrogens is 1. The first-order chi connectivity index (χ1) is 10.0. The number of fused-ring (bicyclic) bond motifs is 1. The second-order valence-corrected chi connectivity index (χ2v) is 5.56. The first-order valence-electron chi connectivity index (χ1n) is 7.33. The third-order valence-electron chi connectivity index (χ3n) is 3.21. The van der Waals surface area contributed by atoms with Gasteiger partial charge in [-0.25, -0.2) is 4.79 Å². The molecule has 21 heavy (non-hydrogen) atoms. The smallest absolute Gasteiger partial charge is 0.341 e. The summed E-state index contributed by atoms with van der Waals surface area (Å²) in [6, 6.07) is 6.04. The first-order valence-corrected chi connectivity index (χ1v) is 7.33. The molecular weight excluding hydrogens is 264 g/mol. The molecule has 0 unspecified atom stereocenters. The molecule has 112 valence electrons.